The SMILES string of the molecule is Cc1ccc2c(c1)N(c1ccc(C(C)(C)C)cc1)c1cc(N(c3ccccc3)c3ccc(C(C)(C)C)cc3)ccc1B2c1cc2cc(C(C)(C)C)ccc2s1. The van der Waals surface area contributed by atoms with Crippen molar-refractivity contribution in [2.45, 2.75) is 85.5 Å². The van der Waals surface area contributed by atoms with Crippen LogP contribution in [0, 0.1) is 6.92 Å². The molecule has 55 heavy (non-hydrogen) atoms. The second-order valence-electron chi connectivity index (χ2n) is 18.5. The van der Waals surface area contributed by atoms with Crippen molar-refractivity contribution < 1.29 is 0 Å². The summed E-state index contributed by atoms with van der Waals surface area (Å²) in [5, 5.41) is 1.33. The minimum Gasteiger partial charge on any atom is -0.311 e. The molecule has 4 heteroatoms. The van der Waals surface area contributed by atoms with Crippen LogP contribution in [0.25, 0.3) is 10.1 Å². The Labute approximate surface area is 333 Å². The first-order valence-electron chi connectivity index (χ1n) is 19.7. The van der Waals surface area contributed by atoms with E-state index in [4.69, 9.17) is 0 Å². The maximum Gasteiger partial charge on any atom is 0.259 e. The predicted octanol–water partition coefficient (Wildman–Crippen LogP) is 12.9. The lowest BCUT2D eigenvalue weighted by molar-refractivity contribution is 0.590. The number of thiophene rings is 1. The number of benzene rings is 6. The van der Waals surface area contributed by atoms with Gasteiger partial charge in [-0.3, -0.25) is 0 Å². The molecule has 1 aromatic heterocycles. The monoisotopic (exact) mass is 736 g/mol. The Morgan fingerprint density at radius 2 is 1.02 bits per heavy atom. The van der Waals surface area contributed by atoms with Gasteiger partial charge < -0.3 is 9.80 Å². The van der Waals surface area contributed by atoms with Crippen LogP contribution in [-0.4, -0.2) is 6.71 Å². The first-order valence-corrected chi connectivity index (χ1v) is 20.5. The topological polar surface area (TPSA) is 6.48 Å². The average Bonchev–Trinajstić information content (AvgIpc) is 3.57. The number of hydrogen-bond donors (Lipinski definition) is 0. The molecule has 0 fully saturated rings. The van der Waals surface area contributed by atoms with E-state index in [0.29, 0.717) is 0 Å². The van der Waals surface area contributed by atoms with Crippen LogP contribution in [0.3, 0.4) is 0 Å². The molecule has 0 bridgehead atoms. The van der Waals surface area contributed by atoms with Gasteiger partial charge in [0.25, 0.3) is 6.71 Å². The Bertz CT molecular complexity index is 2490. The number of aryl methyl sites for hydroxylation is 1. The second-order valence-corrected chi connectivity index (χ2v) is 19.6. The molecule has 0 unspecified atom stereocenters. The van der Waals surface area contributed by atoms with Gasteiger partial charge in [-0.2, -0.15) is 0 Å². The summed E-state index contributed by atoms with van der Waals surface area (Å²) in [7, 11) is 0. The summed E-state index contributed by atoms with van der Waals surface area (Å²) in [6.07, 6.45) is 0. The van der Waals surface area contributed by atoms with Crippen LogP contribution in [0.5, 0.6) is 0 Å². The molecule has 2 nitrogen and oxygen atoms in total. The first kappa shape index (κ1) is 36.9. The van der Waals surface area contributed by atoms with Crippen LogP contribution in [0.15, 0.2) is 140 Å². The fraction of sp³-hybridized carbons (Fsp3) is 0.255. The molecule has 0 saturated carbocycles. The molecule has 0 atom stereocenters. The van der Waals surface area contributed by atoms with Crippen molar-refractivity contribution in [3.05, 3.63) is 162 Å². The molecule has 7 aromatic rings. The maximum absolute atomic E-state index is 2.51. The molecule has 6 aromatic carbocycles. The zero-order chi connectivity index (χ0) is 38.9. The number of hydrogen-bond acceptors (Lipinski definition) is 3. The largest absolute Gasteiger partial charge is 0.311 e. The molecule has 0 saturated heterocycles. The van der Waals surface area contributed by atoms with Gasteiger partial charge in [-0.1, -0.05) is 129 Å². The molecule has 0 aliphatic carbocycles. The molecular weight excluding hydrogens is 683 g/mol. The highest BCUT2D eigenvalue weighted by molar-refractivity contribution is 7.32. The van der Waals surface area contributed by atoms with Gasteiger partial charge in [0.05, 0.1) is 0 Å². The van der Waals surface area contributed by atoms with Crippen LogP contribution in [-0.2, 0) is 16.2 Å². The van der Waals surface area contributed by atoms with E-state index in [1.807, 2.05) is 11.3 Å². The minimum atomic E-state index is 0.0673. The van der Waals surface area contributed by atoms with E-state index < -0.39 is 0 Å². The van der Waals surface area contributed by atoms with Gasteiger partial charge in [0.1, 0.15) is 0 Å². The van der Waals surface area contributed by atoms with E-state index in [9.17, 15) is 0 Å². The Hall–Kier alpha value is -5.06. The maximum atomic E-state index is 2.51. The number of para-hydroxylation sites is 1. The standard InChI is InChI=1S/C51H53BN2S/c1-34-16-27-43-45(30-34)54(41-24-19-37(20-25-41)50(5,6)7)46-33-42(53(39-14-12-11-13-15-39)40-22-17-36(18-23-40)49(2,3)4)26-28-44(46)52(43)48-32-35-31-38(51(8,9)10)21-29-47(35)55-48/h11-33H,1-10H3. The summed E-state index contributed by atoms with van der Waals surface area (Å²) in [6, 6.07) is 52.9. The zero-order valence-corrected chi connectivity index (χ0v) is 35.0. The van der Waals surface area contributed by atoms with E-state index in [0.717, 1.165) is 17.1 Å². The fourth-order valence-corrected chi connectivity index (χ4v) is 9.18. The summed E-state index contributed by atoms with van der Waals surface area (Å²) in [6.45, 7) is 22.9. The summed E-state index contributed by atoms with van der Waals surface area (Å²) < 4.78 is 2.71. The van der Waals surface area contributed by atoms with Gasteiger partial charge in [-0.15, -0.1) is 11.3 Å². The second kappa shape index (κ2) is 13.6. The Morgan fingerprint density at radius 1 is 0.491 bits per heavy atom. The van der Waals surface area contributed by atoms with Crippen molar-refractivity contribution in [2.24, 2.45) is 0 Å². The van der Waals surface area contributed by atoms with Crippen molar-refractivity contribution in [3.8, 4) is 0 Å². The van der Waals surface area contributed by atoms with E-state index >= 15 is 0 Å². The quantitative estimate of drug-likeness (QED) is 0.162. The van der Waals surface area contributed by atoms with Crippen LogP contribution in [0.2, 0.25) is 0 Å². The van der Waals surface area contributed by atoms with Crippen molar-refractivity contribution in [3.63, 3.8) is 0 Å². The Morgan fingerprint density at radius 3 is 1.64 bits per heavy atom. The summed E-state index contributed by atoms with van der Waals surface area (Å²) in [5.74, 6) is 0. The van der Waals surface area contributed by atoms with Crippen molar-refractivity contribution in [2.75, 3.05) is 9.80 Å². The van der Waals surface area contributed by atoms with Crippen molar-refractivity contribution in [1.82, 2.24) is 0 Å². The lowest BCUT2D eigenvalue weighted by Gasteiger charge is -2.38. The summed E-state index contributed by atoms with van der Waals surface area (Å²) in [5.41, 5.74) is 15.2. The third-order valence-corrected chi connectivity index (χ3v) is 12.4. The summed E-state index contributed by atoms with van der Waals surface area (Å²) >= 11 is 1.93. The number of fused-ring (bicyclic) bond motifs is 3. The smallest absolute Gasteiger partial charge is 0.259 e. The van der Waals surface area contributed by atoms with E-state index in [2.05, 4.69) is 219 Å². The van der Waals surface area contributed by atoms with Gasteiger partial charge in [-0.05, 0) is 139 Å². The lowest BCUT2D eigenvalue weighted by Crippen LogP contribution is -2.56. The molecule has 8 rings (SSSR count). The Balaban J connectivity index is 1.36. The number of nitrogens with zero attached hydrogens (tertiary/aromatic N) is 2. The van der Waals surface area contributed by atoms with Gasteiger partial charge in [0.2, 0.25) is 0 Å². The van der Waals surface area contributed by atoms with Crippen molar-refractivity contribution in [1.29, 1.82) is 0 Å². The van der Waals surface area contributed by atoms with Crippen LogP contribution >= 0.6 is 11.3 Å². The van der Waals surface area contributed by atoms with Gasteiger partial charge in [-0.25, -0.2) is 0 Å². The fourth-order valence-electron chi connectivity index (χ4n) is 8.00. The number of rotatable bonds is 5. The highest BCUT2D eigenvalue weighted by Crippen LogP contribution is 2.43. The highest BCUT2D eigenvalue weighted by Gasteiger charge is 2.37. The molecule has 0 N–H and O–H groups in total. The molecule has 0 spiro atoms. The van der Waals surface area contributed by atoms with Gasteiger partial charge in [0, 0.05) is 38.8 Å². The average molecular weight is 737 g/mol. The van der Waals surface area contributed by atoms with Crippen molar-refractivity contribution >= 4 is 78.0 Å². The zero-order valence-electron chi connectivity index (χ0n) is 34.2. The van der Waals surface area contributed by atoms with E-state index in [-0.39, 0.29) is 23.0 Å². The predicted molar refractivity (Wildman–Crippen MR) is 243 cm³/mol. The molecule has 0 radical (unpaired) electrons. The van der Waals surface area contributed by atoms with E-state index in [1.54, 1.807) is 0 Å². The molecule has 276 valence electrons. The lowest BCUT2D eigenvalue weighted by atomic mass is 9.38. The summed E-state index contributed by atoms with van der Waals surface area (Å²) in [4.78, 5) is 4.92. The third kappa shape index (κ3) is 7.02. The third-order valence-electron chi connectivity index (χ3n) is 11.2. The normalized spacial score (nSPS) is 13.2. The molecular formula is C51H53BN2S. The van der Waals surface area contributed by atoms with Crippen LogP contribution in [0.4, 0.5) is 34.1 Å². The number of anilines is 6. The van der Waals surface area contributed by atoms with Gasteiger partial charge >= 0.3 is 0 Å². The van der Waals surface area contributed by atoms with Crippen LogP contribution < -0.4 is 25.5 Å². The van der Waals surface area contributed by atoms with E-state index in [1.165, 1.54) is 65.1 Å². The van der Waals surface area contributed by atoms with Crippen LogP contribution in [0.1, 0.15) is 84.6 Å². The first-order chi connectivity index (χ1) is 26.1. The molecule has 0 amide bonds. The van der Waals surface area contributed by atoms with Gasteiger partial charge in [0.15, 0.2) is 0 Å². The molecule has 2 heterocycles. The Kier molecular flexibility index (Phi) is 9.13. The minimum absolute atomic E-state index is 0.0673. The molecule has 1 aliphatic rings. The molecule has 1 aliphatic heterocycles. The highest BCUT2D eigenvalue weighted by atomic mass is 32.1.